The highest BCUT2D eigenvalue weighted by Crippen LogP contribution is 2.18. The number of amides is 1. The zero-order valence-corrected chi connectivity index (χ0v) is 41.9. The minimum absolute atomic E-state index is 0.374. The molecule has 0 fully saturated rings. The fourth-order valence-electron chi connectivity index (χ4n) is 9.05. The minimum Gasteiger partial charge on any atom is -0.394 e. The molecule has 0 aliphatic rings. The van der Waals surface area contributed by atoms with Crippen LogP contribution in [0.1, 0.15) is 309 Å². The largest absolute Gasteiger partial charge is 0.394 e. The number of carbonyl (C=O) groups excluding carboxylic acids is 1. The topological polar surface area (TPSA) is 110 Å². The third-order valence-corrected chi connectivity index (χ3v) is 13.5. The Morgan fingerprint density at radius 3 is 0.935 bits per heavy atom. The number of hydrogen-bond acceptors (Lipinski definition) is 5. The lowest BCUT2D eigenvalue weighted by molar-refractivity contribution is -0.132. The molecule has 0 saturated heterocycles. The van der Waals surface area contributed by atoms with Gasteiger partial charge < -0.3 is 25.7 Å². The zero-order valence-electron chi connectivity index (χ0n) is 41.9. The van der Waals surface area contributed by atoms with E-state index >= 15 is 0 Å². The van der Waals surface area contributed by atoms with E-state index in [4.69, 9.17) is 0 Å². The molecular formula is C56H111NO5. The molecule has 4 unspecified atom stereocenters. The van der Waals surface area contributed by atoms with Crippen LogP contribution in [0, 0.1) is 0 Å². The van der Waals surface area contributed by atoms with Crippen LogP contribution in [0.15, 0.2) is 12.2 Å². The van der Waals surface area contributed by atoms with Gasteiger partial charge in [0.25, 0.3) is 0 Å². The third-order valence-electron chi connectivity index (χ3n) is 13.5. The molecule has 0 spiro atoms. The highest BCUT2D eigenvalue weighted by Gasteiger charge is 2.28. The molecule has 4 atom stereocenters. The van der Waals surface area contributed by atoms with E-state index in [0.29, 0.717) is 12.8 Å². The Morgan fingerprint density at radius 1 is 0.387 bits per heavy atom. The van der Waals surface area contributed by atoms with Gasteiger partial charge in [0.2, 0.25) is 5.91 Å². The SMILES string of the molecule is CCCCCCCCCCCCCC/C=C\CCCCCCCCCCCCCCCCCCC(O)C(=O)NC(CO)C(O)C(O)CCCCCCCCCCCCCCCC. The summed E-state index contributed by atoms with van der Waals surface area (Å²) in [4.78, 5) is 12.6. The first-order chi connectivity index (χ1) is 30.5. The number of carbonyl (C=O) groups is 1. The first-order valence-corrected chi connectivity index (χ1v) is 28.1. The molecule has 0 bridgehead atoms. The fraction of sp³-hybridized carbons (Fsp3) is 0.946. The summed E-state index contributed by atoms with van der Waals surface area (Å²) in [7, 11) is 0. The fourth-order valence-corrected chi connectivity index (χ4v) is 9.05. The van der Waals surface area contributed by atoms with E-state index in [-0.39, 0.29) is 0 Å². The lowest BCUT2D eigenvalue weighted by Crippen LogP contribution is -2.53. The van der Waals surface area contributed by atoms with Gasteiger partial charge in [-0.2, -0.15) is 0 Å². The summed E-state index contributed by atoms with van der Waals surface area (Å²) in [5.41, 5.74) is 0. The van der Waals surface area contributed by atoms with Gasteiger partial charge in [-0.25, -0.2) is 0 Å². The maximum atomic E-state index is 12.6. The number of hydrogen-bond donors (Lipinski definition) is 5. The Kier molecular flexibility index (Phi) is 50.3. The number of allylic oxidation sites excluding steroid dienone is 2. The average molecular weight is 879 g/mol. The summed E-state index contributed by atoms with van der Waals surface area (Å²) in [5.74, 6) is -0.579. The second-order valence-corrected chi connectivity index (χ2v) is 19.6. The molecule has 62 heavy (non-hydrogen) atoms. The molecule has 5 N–H and O–H groups in total. The van der Waals surface area contributed by atoms with E-state index in [1.807, 2.05) is 0 Å². The van der Waals surface area contributed by atoms with Crippen LogP contribution in [0.5, 0.6) is 0 Å². The highest BCUT2D eigenvalue weighted by molar-refractivity contribution is 5.80. The molecule has 1 amide bonds. The Hall–Kier alpha value is -0.950. The maximum absolute atomic E-state index is 12.6. The Bertz CT molecular complexity index is 898. The molecule has 6 nitrogen and oxygen atoms in total. The average Bonchev–Trinajstić information content (AvgIpc) is 3.28. The first kappa shape index (κ1) is 61.0. The summed E-state index contributed by atoms with van der Waals surface area (Å²) < 4.78 is 0. The maximum Gasteiger partial charge on any atom is 0.249 e. The van der Waals surface area contributed by atoms with Crippen molar-refractivity contribution >= 4 is 5.91 Å². The number of nitrogens with one attached hydrogen (secondary N) is 1. The molecule has 0 aromatic carbocycles. The van der Waals surface area contributed by atoms with E-state index in [9.17, 15) is 25.2 Å². The smallest absolute Gasteiger partial charge is 0.249 e. The zero-order chi connectivity index (χ0) is 45.2. The van der Waals surface area contributed by atoms with Gasteiger partial charge in [0.1, 0.15) is 12.2 Å². The van der Waals surface area contributed by atoms with Crippen molar-refractivity contribution < 1.29 is 25.2 Å². The van der Waals surface area contributed by atoms with Crippen LogP contribution < -0.4 is 5.32 Å². The van der Waals surface area contributed by atoms with E-state index < -0.39 is 36.9 Å². The predicted molar refractivity (Wildman–Crippen MR) is 270 cm³/mol. The normalized spacial score (nSPS) is 13.8. The van der Waals surface area contributed by atoms with E-state index in [2.05, 4.69) is 31.3 Å². The summed E-state index contributed by atoms with van der Waals surface area (Å²) in [6.07, 6.45) is 60.0. The van der Waals surface area contributed by atoms with Crippen molar-refractivity contribution in [3.63, 3.8) is 0 Å². The van der Waals surface area contributed by atoms with Gasteiger partial charge in [-0.05, 0) is 38.5 Å². The van der Waals surface area contributed by atoms with Crippen molar-refractivity contribution in [1.82, 2.24) is 5.32 Å². The molecule has 0 saturated carbocycles. The second kappa shape index (κ2) is 51.0. The predicted octanol–water partition coefficient (Wildman–Crippen LogP) is 16.1. The van der Waals surface area contributed by atoms with E-state index in [1.165, 1.54) is 244 Å². The van der Waals surface area contributed by atoms with Crippen molar-refractivity contribution in [3.8, 4) is 0 Å². The number of aliphatic hydroxyl groups is 4. The Labute approximate surface area is 387 Å². The lowest BCUT2D eigenvalue weighted by atomic mass is 9.99. The van der Waals surface area contributed by atoms with Crippen LogP contribution in [-0.2, 0) is 4.79 Å². The first-order valence-electron chi connectivity index (χ1n) is 28.1. The monoisotopic (exact) mass is 878 g/mol. The molecule has 0 aliphatic heterocycles. The van der Waals surface area contributed by atoms with Gasteiger partial charge in [0.05, 0.1) is 18.8 Å². The molecule has 0 radical (unpaired) electrons. The second-order valence-electron chi connectivity index (χ2n) is 19.6. The summed E-state index contributed by atoms with van der Waals surface area (Å²) in [6.45, 7) is 4.08. The van der Waals surface area contributed by atoms with E-state index in [0.717, 1.165) is 38.5 Å². The van der Waals surface area contributed by atoms with Gasteiger partial charge in [-0.1, -0.05) is 283 Å². The van der Waals surface area contributed by atoms with E-state index in [1.54, 1.807) is 0 Å². The molecule has 0 aliphatic carbocycles. The summed E-state index contributed by atoms with van der Waals surface area (Å²) in [5, 5.41) is 43.9. The van der Waals surface area contributed by atoms with Crippen LogP contribution in [-0.4, -0.2) is 57.3 Å². The Balaban J connectivity index is 3.54. The van der Waals surface area contributed by atoms with Crippen LogP contribution in [0.25, 0.3) is 0 Å². The highest BCUT2D eigenvalue weighted by atomic mass is 16.3. The molecule has 0 rings (SSSR count). The number of unbranched alkanes of at least 4 members (excludes halogenated alkanes) is 41. The van der Waals surface area contributed by atoms with Crippen LogP contribution in [0.3, 0.4) is 0 Å². The molecule has 0 aromatic rings. The quantitative estimate of drug-likeness (QED) is 0.0309. The van der Waals surface area contributed by atoms with Crippen LogP contribution >= 0.6 is 0 Å². The number of rotatable bonds is 52. The Morgan fingerprint density at radius 2 is 0.645 bits per heavy atom. The molecule has 370 valence electrons. The van der Waals surface area contributed by atoms with Gasteiger partial charge in [0, 0.05) is 0 Å². The molecular weight excluding hydrogens is 767 g/mol. The standard InChI is InChI=1S/C56H111NO5/c1-3-5-7-9-11-13-15-17-19-20-21-22-23-24-25-26-27-28-29-30-31-32-33-34-35-36-38-40-42-44-46-48-50-54(60)56(62)57-52(51-58)55(61)53(59)49-47-45-43-41-39-37-18-16-14-12-10-8-6-4-2/h24-25,52-55,58-61H,3-23,26-51H2,1-2H3,(H,57,62)/b25-24-. The van der Waals surface area contributed by atoms with Gasteiger partial charge in [0.15, 0.2) is 0 Å². The van der Waals surface area contributed by atoms with Crippen LogP contribution in [0.4, 0.5) is 0 Å². The summed E-state index contributed by atoms with van der Waals surface area (Å²) in [6, 6.07) is -0.981. The van der Waals surface area contributed by atoms with Gasteiger partial charge >= 0.3 is 0 Å². The molecule has 0 heterocycles. The van der Waals surface area contributed by atoms with Gasteiger partial charge in [-0.3, -0.25) is 4.79 Å². The summed E-state index contributed by atoms with van der Waals surface area (Å²) >= 11 is 0. The van der Waals surface area contributed by atoms with Crippen molar-refractivity contribution in [2.75, 3.05) is 6.61 Å². The van der Waals surface area contributed by atoms with Crippen molar-refractivity contribution in [3.05, 3.63) is 12.2 Å². The van der Waals surface area contributed by atoms with Gasteiger partial charge in [-0.15, -0.1) is 0 Å². The minimum atomic E-state index is -1.26. The lowest BCUT2D eigenvalue weighted by Gasteiger charge is -2.27. The van der Waals surface area contributed by atoms with Crippen LogP contribution in [0.2, 0.25) is 0 Å². The van der Waals surface area contributed by atoms with Crippen molar-refractivity contribution in [1.29, 1.82) is 0 Å². The molecule has 6 heteroatoms. The van der Waals surface area contributed by atoms with Crippen molar-refractivity contribution in [2.45, 2.75) is 334 Å². The molecule has 0 aromatic heterocycles. The number of aliphatic hydroxyl groups excluding tert-OH is 4. The van der Waals surface area contributed by atoms with Crippen molar-refractivity contribution in [2.24, 2.45) is 0 Å². The third kappa shape index (κ3) is 44.3.